The van der Waals surface area contributed by atoms with E-state index in [2.05, 4.69) is 5.32 Å². The Morgan fingerprint density at radius 2 is 1.72 bits per heavy atom. The first-order valence-corrected chi connectivity index (χ1v) is 7.19. The van der Waals surface area contributed by atoms with Gasteiger partial charge in [0.2, 0.25) is 5.91 Å². The maximum absolute atomic E-state index is 12.0. The van der Waals surface area contributed by atoms with Crippen LogP contribution in [0.1, 0.15) is 51.4 Å². The van der Waals surface area contributed by atoms with Crippen LogP contribution in [-0.4, -0.2) is 23.5 Å². The van der Waals surface area contributed by atoms with Crippen molar-refractivity contribution >= 4 is 11.9 Å². The van der Waals surface area contributed by atoms with Gasteiger partial charge in [0.05, 0.1) is 11.8 Å². The summed E-state index contributed by atoms with van der Waals surface area (Å²) in [4.78, 5) is 23.1. The van der Waals surface area contributed by atoms with E-state index in [-0.39, 0.29) is 11.8 Å². The molecule has 2 N–H and O–H groups in total. The van der Waals surface area contributed by atoms with Crippen LogP contribution in [0.2, 0.25) is 0 Å². The number of nitrogens with one attached hydrogen (secondary N) is 1. The number of carbonyl (C=O) groups is 2. The molecule has 0 aromatic rings. The summed E-state index contributed by atoms with van der Waals surface area (Å²) in [7, 11) is 0. The van der Waals surface area contributed by atoms with Gasteiger partial charge in [-0.15, -0.1) is 0 Å². The molecule has 0 aromatic carbocycles. The van der Waals surface area contributed by atoms with Gasteiger partial charge >= 0.3 is 5.97 Å². The van der Waals surface area contributed by atoms with Crippen LogP contribution in [-0.2, 0) is 9.59 Å². The van der Waals surface area contributed by atoms with Crippen LogP contribution in [0.15, 0.2) is 0 Å². The van der Waals surface area contributed by atoms with Crippen molar-refractivity contribution in [2.75, 3.05) is 6.54 Å². The Kier molecular flexibility index (Phi) is 4.61. The quantitative estimate of drug-likeness (QED) is 0.713. The monoisotopic (exact) mass is 253 g/mol. The predicted molar refractivity (Wildman–Crippen MR) is 68.1 cm³/mol. The lowest BCUT2D eigenvalue weighted by molar-refractivity contribution is -0.148. The summed E-state index contributed by atoms with van der Waals surface area (Å²) in [6.07, 6.45) is 8.21. The lowest BCUT2D eigenvalue weighted by atomic mass is 9.78. The Labute approximate surface area is 108 Å². The van der Waals surface area contributed by atoms with Crippen molar-refractivity contribution in [3.05, 3.63) is 0 Å². The molecule has 2 saturated carbocycles. The van der Waals surface area contributed by atoms with Crippen LogP contribution in [0.4, 0.5) is 0 Å². The molecule has 0 bridgehead atoms. The Morgan fingerprint density at radius 3 is 2.33 bits per heavy atom. The lowest BCUT2D eigenvalue weighted by Crippen LogP contribution is -2.40. The molecule has 1 amide bonds. The first-order valence-electron chi connectivity index (χ1n) is 7.19. The Bertz CT molecular complexity index is 312. The molecule has 0 saturated heterocycles. The molecule has 0 unspecified atom stereocenters. The summed E-state index contributed by atoms with van der Waals surface area (Å²) in [6, 6.07) is 0. The number of aliphatic carboxylic acids is 1. The number of carboxylic acids is 1. The molecule has 2 fully saturated rings. The fraction of sp³-hybridized carbons (Fsp3) is 0.857. The SMILES string of the molecule is O=C(O)[C@H]1CCCC[C@H]1C(=O)NCCCC1CC1. The highest BCUT2D eigenvalue weighted by Gasteiger charge is 2.35. The largest absolute Gasteiger partial charge is 0.481 e. The molecule has 0 spiro atoms. The second kappa shape index (κ2) is 6.21. The first kappa shape index (κ1) is 13.4. The molecule has 0 aliphatic heterocycles. The highest BCUT2D eigenvalue weighted by Crippen LogP contribution is 2.33. The zero-order valence-corrected chi connectivity index (χ0v) is 10.9. The van der Waals surface area contributed by atoms with Gasteiger partial charge in [-0.05, 0) is 31.6 Å². The zero-order valence-electron chi connectivity index (χ0n) is 10.9. The smallest absolute Gasteiger partial charge is 0.307 e. The molecule has 2 aliphatic rings. The van der Waals surface area contributed by atoms with Crippen LogP contribution in [0.25, 0.3) is 0 Å². The summed E-state index contributed by atoms with van der Waals surface area (Å²) in [5, 5.41) is 12.0. The normalized spacial score (nSPS) is 27.8. The third-order valence-electron chi connectivity index (χ3n) is 4.21. The molecule has 2 rings (SSSR count). The van der Waals surface area contributed by atoms with Crippen molar-refractivity contribution in [1.82, 2.24) is 5.32 Å². The summed E-state index contributed by atoms with van der Waals surface area (Å²) in [6.45, 7) is 0.707. The number of hydrogen-bond donors (Lipinski definition) is 2. The topological polar surface area (TPSA) is 66.4 Å². The molecule has 18 heavy (non-hydrogen) atoms. The number of carbonyl (C=O) groups excluding carboxylic acids is 1. The van der Waals surface area contributed by atoms with E-state index in [9.17, 15) is 9.59 Å². The van der Waals surface area contributed by atoms with E-state index in [1.807, 2.05) is 0 Å². The van der Waals surface area contributed by atoms with E-state index in [1.54, 1.807) is 0 Å². The van der Waals surface area contributed by atoms with E-state index in [4.69, 9.17) is 5.11 Å². The molecular formula is C14H23NO3. The molecular weight excluding hydrogens is 230 g/mol. The molecule has 2 aliphatic carbocycles. The van der Waals surface area contributed by atoms with E-state index < -0.39 is 11.9 Å². The average molecular weight is 253 g/mol. The molecule has 0 radical (unpaired) electrons. The highest BCUT2D eigenvalue weighted by molar-refractivity contribution is 5.84. The summed E-state index contributed by atoms with van der Waals surface area (Å²) < 4.78 is 0. The number of hydrogen-bond acceptors (Lipinski definition) is 2. The van der Waals surface area contributed by atoms with E-state index >= 15 is 0 Å². The van der Waals surface area contributed by atoms with Gasteiger partial charge in [-0.25, -0.2) is 0 Å². The van der Waals surface area contributed by atoms with Gasteiger partial charge in [0.15, 0.2) is 0 Å². The Hall–Kier alpha value is -1.06. The number of carboxylic acid groups (broad SMARTS) is 1. The lowest BCUT2D eigenvalue weighted by Gasteiger charge is -2.27. The van der Waals surface area contributed by atoms with Crippen molar-refractivity contribution in [3.63, 3.8) is 0 Å². The van der Waals surface area contributed by atoms with E-state index in [1.165, 1.54) is 19.3 Å². The van der Waals surface area contributed by atoms with Gasteiger partial charge in [0, 0.05) is 6.54 Å². The maximum Gasteiger partial charge on any atom is 0.307 e. The van der Waals surface area contributed by atoms with Gasteiger partial charge < -0.3 is 10.4 Å². The molecule has 0 aromatic heterocycles. The van der Waals surface area contributed by atoms with Crippen LogP contribution < -0.4 is 5.32 Å². The third kappa shape index (κ3) is 3.72. The molecule has 4 heteroatoms. The summed E-state index contributed by atoms with van der Waals surface area (Å²) >= 11 is 0. The second-order valence-corrected chi connectivity index (χ2v) is 5.71. The highest BCUT2D eigenvalue weighted by atomic mass is 16.4. The first-order chi connectivity index (χ1) is 8.68. The fourth-order valence-corrected chi connectivity index (χ4v) is 2.88. The molecule has 0 heterocycles. The summed E-state index contributed by atoms with van der Waals surface area (Å²) in [5.74, 6) is -0.742. The third-order valence-corrected chi connectivity index (χ3v) is 4.21. The van der Waals surface area contributed by atoms with Crippen LogP contribution in [0.3, 0.4) is 0 Å². The van der Waals surface area contributed by atoms with Crippen molar-refractivity contribution in [1.29, 1.82) is 0 Å². The average Bonchev–Trinajstić information content (AvgIpc) is 3.18. The van der Waals surface area contributed by atoms with Gasteiger partial charge in [-0.1, -0.05) is 25.7 Å². The van der Waals surface area contributed by atoms with Crippen LogP contribution in [0, 0.1) is 17.8 Å². The van der Waals surface area contributed by atoms with Crippen molar-refractivity contribution in [2.45, 2.75) is 51.4 Å². The number of rotatable bonds is 6. The minimum Gasteiger partial charge on any atom is -0.481 e. The molecule has 4 nitrogen and oxygen atoms in total. The van der Waals surface area contributed by atoms with E-state index in [0.717, 1.165) is 31.6 Å². The van der Waals surface area contributed by atoms with E-state index in [0.29, 0.717) is 13.0 Å². The zero-order chi connectivity index (χ0) is 13.0. The van der Waals surface area contributed by atoms with Gasteiger partial charge in [-0.2, -0.15) is 0 Å². The van der Waals surface area contributed by atoms with Crippen LogP contribution >= 0.6 is 0 Å². The summed E-state index contributed by atoms with van der Waals surface area (Å²) in [5.41, 5.74) is 0. The minimum atomic E-state index is -0.812. The van der Waals surface area contributed by atoms with Gasteiger partial charge in [-0.3, -0.25) is 9.59 Å². The standard InChI is InChI=1S/C14H23NO3/c16-13(15-9-3-4-10-7-8-10)11-5-1-2-6-12(11)14(17)18/h10-12H,1-9H2,(H,15,16)(H,17,18)/t11-,12+/m1/s1. The van der Waals surface area contributed by atoms with Crippen molar-refractivity contribution in [2.24, 2.45) is 17.8 Å². The number of amides is 1. The minimum absolute atomic E-state index is 0.0436. The molecule has 2 atom stereocenters. The molecule has 102 valence electrons. The van der Waals surface area contributed by atoms with Crippen molar-refractivity contribution in [3.8, 4) is 0 Å². The van der Waals surface area contributed by atoms with Gasteiger partial charge in [0.1, 0.15) is 0 Å². The Morgan fingerprint density at radius 1 is 1.06 bits per heavy atom. The van der Waals surface area contributed by atoms with Crippen LogP contribution in [0.5, 0.6) is 0 Å². The fourth-order valence-electron chi connectivity index (χ4n) is 2.88. The van der Waals surface area contributed by atoms with Gasteiger partial charge in [0.25, 0.3) is 0 Å². The Balaban J connectivity index is 1.72. The maximum atomic E-state index is 12.0. The predicted octanol–water partition coefficient (Wildman–Crippen LogP) is 2.18. The van der Waals surface area contributed by atoms with Crippen molar-refractivity contribution < 1.29 is 14.7 Å². The second-order valence-electron chi connectivity index (χ2n) is 5.71.